The van der Waals surface area contributed by atoms with Gasteiger partial charge in [-0.1, -0.05) is 45.9 Å². The number of hydrogen-bond acceptors (Lipinski definition) is 3. The molecule has 1 fully saturated rings. The number of carbonyl (C=O) groups is 1. The van der Waals surface area contributed by atoms with E-state index in [-0.39, 0.29) is 16.7 Å². The summed E-state index contributed by atoms with van der Waals surface area (Å²) in [6.45, 7) is 9.41. The Morgan fingerprint density at radius 2 is 1.59 bits per heavy atom. The Bertz CT molecular complexity index is 958. The van der Waals surface area contributed by atoms with Crippen molar-refractivity contribution in [2.45, 2.75) is 44.9 Å². The highest BCUT2D eigenvalue weighted by molar-refractivity contribution is 7.89. The van der Waals surface area contributed by atoms with Crippen LogP contribution in [0.5, 0.6) is 0 Å². The van der Waals surface area contributed by atoms with Gasteiger partial charge in [-0.05, 0) is 60.1 Å². The topological polar surface area (TPSA) is 66.5 Å². The molecule has 29 heavy (non-hydrogen) atoms. The lowest BCUT2D eigenvalue weighted by Gasteiger charge is -2.34. The van der Waals surface area contributed by atoms with E-state index in [1.54, 1.807) is 16.4 Å². The van der Waals surface area contributed by atoms with Crippen molar-refractivity contribution < 1.29 is 13.2 Å². The Hall–Kier alpha value is -2.18. The van der Waals surface area contributed by atoms with Crippen LogP contribution in [0.15, 0.2) is 53.4 Å². The predicted molar refractivity (Wildman–Crippen MR) is 117 cm³/mol. The number of anilines is 1. The molecular weight excluding hydrogens is 384 g/mol. The molecule has 2 atom stereocenters. The number of nitrogens with one attached hydrogen (secondary N) is 1. The smallest absolute Gasteiger partial charge is 0.255 e. The first-order chi connectivity index (χ1) is 13.7. The van der Waals surface area contributed by atoms with Crippen molar-refractivity contribution in [3.8, 4) is 0 Å². The first kappa shape index (κ1) is 21.5. The third-order valence-corrected chi connectivity index (χ3v) is 7.27. The number of hydrogen-bond donors (Lipinski definition) is 1. The lowest BCUT2D eigenvalue weighted by Crippen LogP contribution is -2.42. The molecule has 2 aromatic carbocycles. The van der Waals surface area contributed by atoms with E-state index in [1.807, 2.05) is 24.3 Å². The second kappa shape index (κ2) is 8.67. The van der Waals surface area contributed by atoms with Gasteiger partial charge in [0.2, 0.25) is 10.0 Å². The molecule has 0 radical (unpaired) electrons. The minimum absolute atomic E-state index is 0.234. The molecule has 1 saturated heterocycles. The molecule has 0 bridgehead atoms. The first-order valence-corrected chi connectivity index (χ1v) is 11.6. The first-order valence-electron chi connectivity index (χ1n) is 10.2. The van der Waals surface area contributed by atoms with Crippen LogP contribution in [0.3, 0.4) is 0 Å². The highest BCUT2D eigenvalue weighted by Gasteiger charge is 2.31. The fourth-order valence-electron chi connectivity index (χ4n) is 4.04. The lowest BCUT2D eigenvalue weighted by molar-refractivity contribution is 0.102. The largest absolute Gasteiger partial charge is 0.322 e. The van der Waals surface area contributed by atoms with E-state index in [4.69, 9.17) is 0 Å². The van der Waals surface area contributed by atoms with Crippen molar-refractivity contribution in [2.75, 3.05) is 18.4 Å². The molecule has 1 amide bonds. The summed E-state index contributed by atoms with van der Waals surface area (Å²) in [5.41, 5.74) is 2.27. The van der Waals surface area contributed by atoms with Crippen LogP contribution in [-0.2, 0) is 10.0 Å². The average Bonchev–Trinajstić information content (AvgIpc) is 2.67. The molecule has 1 N–H and O–H groups in total. The van der Waals surface area contributed by atoms with Gasteiger partial charge in [0.15, 0.2) is 0 Å². The molecular formula is C23H30N2O3S. The fourth-order valence-corrected chi connectivity index (χ4v) is 5.72. The van der Waals surface area contributed by atoms with Crippen molar-refractivity contribution in [2.24, 2.45) is 11.8 Å². The van der Waals surface area contributed by atoms with E-state index in [9.17, 15) is 13.2 Å². The maximum absolute atomic E-state index is 13.0. The van der Waals surface area contributed by atoms with Gasteiger partial charge in [-0.15, -0.1) is 0 Å². The number of sulfonamides is 1. The van der Waals surface area contributed by atoms with Crippen LogP contribution in [0.25, 0.3) is 0 Å². The molecule has 6 heteroatoms. The zero-order valence-corrected chi connectivity index (χ0v) is 18.4. The Morgan fingerprint density at radius 1 is 1.00 bits per heavy atom. The van der Waals surface area contributed by atoms with Crippen LogP contribution in [-0.4, -0.2) is 31.7 Å². The normalized spacial score (nSPS) is 20.6. The Morgan fingerprint density at radius 3 is 2.17 bits per heavy atom. The van der Waals surface area contributed by atoms with Gasteiger partial charge in [-0.25, -0.2) is 8.42 Å². The van der Waals surface area contributed by atoms with Gasteiger partial charge < -0.3 is 5.32 Å². The van der Waals surface area contributed by atoms with Gasteiger partial charge in [0, 0.05) is 24.3 Å². The van der Waals surface area contributed by atoms with Crippen LogP contribution in [0.2, 0.25) is 0 Å². The number of amides is 1. The maximum atomic E-state index is 13.0. The van der Waals surface area contributed by atoms with E-state index >= 15 is 0 Å². The number of benzene rings is 2. The van der Waals surface area contributed by atoms with Crippen LogP contribution >= 0.6 is 0 Å². The number of para-hydroxylation sites is 1. The summed E-state index contributed by atoms with van der Waals surface area (Å²) in [6.07, 6.45) is 1.04. The van der Waals surface area contributed by atoms with E-state index in [0.717, 1.165) is 17.7 Å². The van der Waals surface area contributed by atoms with Crippen molar-refractivity contribution in [1.29, 1.82) is 0 Å². The molecule has 0 saturated carbocycles. The van der Waals surface area contributed by atoms with Gasteiger partial charge in [0.1, 0.15) is 0 Å². The van der Waals surface area contributed by atoms with Crippen LogP contribution < -0.4 is 5.32 Å². The summed E-state index contributed by atoms with van der Waals surface area (Å²) in [5.74, 6) is 0.731. The lowest BCUT2D eigenvalue weighted by atomic mass is 9.94. The summed E-state index contributed by atoms with van der Waals surface area (Å²) < 4.78 is 27.6. The molecule has 0 unspecified atom stereocenters. The monoisotopic (exact) mass is 414 g/mol. The summed E-state index contributed by atoms with van der Waals surface area (Å²) in [7, 11) is -3.55. The van der Waals surface area contributed by atoms with Crippen molar-refractivity contribution in [1.82, 2.24) is 4.31 Å². The highest BCUT2D eigenvalue weighted by atomic mass is 32.2. The van der Waals surface area contributed by atoms with E-state index < -0.39 is 10.0 Å². The molecule has 0 spiro atoms. The quantitative estimate of drug-likeness (QED) is 0.769. The number of carbonyl (C=O) groups excluding carboxylic acids is 1. The van der Waals surface area contributed by atoms with Gasteiger partial charge in [0.05, 0.1) is 4.90 Å². The fraction of sp³-hybridized carbons (Fsp3) is 0.435. The van der Waals surface area contributed by atoms with Crippen molar-refractivity contribution >= 4 is 21.6 Å². The Balaban J connectivity index is 1.77. The molecule has 0 aromatic heterocycles. The second-order valence-corrected chi connectivity index (χ2v) is 10.4. The maximum Gasteiger partial charge on any atom is 0.255 e. The molecule has 3 rings (SSSR count). The third-order valence-electron chi connectivity index (χ3n) is 5.42. The number of piperidine rings is 1. The van der Waals surface area contributed by atoms with Gasteiger partial charge in [-0.3, -0.25) is 4.79 Å². The van der Waals surface area contributed by atoms with Gasteiger partial charge in [-0.2, -0.15) is 4.31 Å². The molecule has 1 aliphatic rings. The van der Waals surface area contributed by atoms with Gasteiger partial charge in [0.25, 0.3) is 5.91 Å². The molecule has 1 aliphatic heterocycles. The Kier molecular flexibility index (Phi) is 6.44. The van der Waals surface area contributed by atoms with E-state index in [1.165, 1.54) is 12.1 Å². The number of rotatable bonds is 5. The van der Waals surface area contributed by atoms with Crippen LogP contribution in [0.4, 0.5) is 5.69 Å². The van der Waals surface area contributed by atoms with Gasteiger partial charge >= 0.3 is 0 Å². The average molecular weight is 415 g/mol. The zero-order chi connectivity index (χ0) is 21.2. The van der Waals surface area contributed by atoms with Crippen LogP contribution in [0, 0.1) is 11.8 Å². The van der Waals surface area contributed by atoms with E-state index in [0.29, 0.717) is 30.5 Å². The molecule has 1 heterocycles. The summed E-state index contributed by atoms with van der Waals surface area (Å²) >= 11 is 0. The zero-order valence-electron chi connectivity index (χ0n) is 17.6. The molecule has 0 aliphatic carbocycles. The van der Waals surface area contributed by atoms with Crippen molar-refractivity contribution in [3.05, 3.63) is 59.7 Å². The molecule has 2 aromatic rings. The summed E-state index contributed by atoms with van der Waals surface area (Å²) in [4.78, 5) is 12.9. The van der Waals surface area contributed by atoms with Crippen LogP contribution in [0.1, 0.15) is 56.0 Å². The molecule has 5 nitrogen and oxygen atoms in total. The summed E-state index contributed by atoms with van der Waals surface area (Å²) in [6, 6.07) is 13.9. The second-order valence-electron chi connectivity index (χ2n) is 8.49. The highest BCUT2D eigenvalue weighted by Crippen LogP contribution is 2.27. The minimum atomic E-state index is -3.55. The summed E-state index contributed by atoms with van der Waals surface area (Å²) in [5, 5.41) is 2.94. The third kappa shape index (κ3) is 4.87. The predicted octanol–water partition coefficient (Wildman–Crippen LogP) is 4.73. The van der Waals surface area contributed by atoms with E-state index in [2.05, 4.69) is 33.0 Å². The SMILES string of the molecule is CC(C)c1ccccc1NC(=O)c1ccc(S(=O)(=O)N2C[C@@H](C)C[C@H](C)C2)cc1. The Labute approximate surface area is 174 Å². The molecule has 156 valence electrons. The number of nitrogens with zero attached hydrogens (tertiary/aromatic N) is 1. The standard InChI is InChI=1S/C23H30N2O3S/c1-16(2)21-7-5-6-8-22(21)24-23(26)19-9-11-20(12-10-19)29(27,28)25-14-17(3)13-18(4)15-25/h5-12,16-18H,13-15H2,1-4H3,(H,24,26)/t17-,18-/m0/s1. The van der Waals surface area contributed by atoms with Crippen molar-refractivity contribution in [3.63, 3.8) is 0 Å². The minimum Gasteiger partial charge on any atom is -0.322 e.